The Morgan fingerprint density at radius 1 is 1.31 bits per heavy atom. The highest BCUT2D eigenvalue weighted by molar-refractivity contribution is 6.31. The molecular formula is C14H22ClN. The molecule has 0 radical (unpaired) electrons. The first kappa shape index (κ1) is 13.5. The smallest absolute Gasteiger partial charge is 0.0441 e. The maximum atomic E-state index is 6.25. The van der Waals surface area contributed by atoms with Gasteiger partial charge in [-0.3, -0.25) is 0 Å². The van der Waals surface area contributed by atoms with E-state index in [1.165, 1.54) is 18.4 Å². The largest absolute Gasteiger partial charge is 0.319 e. The summed E-state index contributed by atoms with van der Waals surface area (Å²) in [4.78, 5) is 0. The molecule has 2 heteroatoms. The highest BCUT2D eigenvalue weighted by atomic mass is 35.5. The average molecular weight is 240 g/mol. The van der Waals surface area contributed by atoms with Gasteiger partial charge in [-0.25, -0.2) is 0 Å². The topological polar surface area (TPSA) is 12.0 Å². The first-order valence-corrected chi connectivity index (χ1v) is 6.45. The Kier molecular flexibility index (Phi) is 5.86. The zero-order chi connectivity index (χ0) is 12.0. The molecule has 0 aliphatic carbocycles. The molecule has 90 valence electrons. The van der Waals surface area contributed by atoms with Crippen molar-refractivity contribution in [2.75, 3.05) is 13.6 Å². The number of hydrogen-bond acceptors (Lipinski definition) is 1. The van der Waals surface area contributed by atoms with Crippen LogP contribution in [0.1, 0.15) is 38.2 Å². The molecule has 0 aliphatic heterocycles. The number of likely N-dealkylation sites (N-methyl/N-ethyl adjacent to an activating group) is 1. The van der Waals surface area contributed by atoms with E-state index in [1.807, 2.05) is 19.2 Å². The molecule has 0 spiro atoms. The molecule has 0 aliphatic rings. The van der Waals surface area contributed by atoms with Gasteiger partial charge in [-0.1, -0.05) is 50.1 Å². The van der Waals surface area contributed by atoms with E-state index in [2.05, 4.69) is 31.3 Å². The Labute approximate surface area is 104 Å². The van der Waals surface area contributed by atoms with Crippen LogP contribution in [0, 0.1) is 5.92 Å². The third-order valence-electron chi connectivity index (χ3n) is 3.18. The van der Waals surface area contributed by atoms with Crippen molar-refractivity contribution in [2.45, 2.75) is 32.6 Å². The molecule has 1 aromatic rings. The Bertz CT molecular complexity index is 311. The molecule has 2 unspecified atom stereocenters. The third-order valence-corrected chi connectivity index (χ3v) is 3.52. The van der Waals surface area contributed by atoms with Gasteiger partial charge < -0.3 is 5.32 Å². The van der Waals surface area contributed by atoms with E-state index in [-0.39, 0.29) is 0 Å². The van der Waals surface area contributed by atoms with Crippen molar-refractivity contribution in [3.05, 3.63) is 34.9 Å². The van der Waals surface area contributed by atoms with Gasteiger partial charge in [0.25, 0.3) is 0 Å². The molecule has 2 atom stereocenters. The lowest BCUT2D eigenvalue weighted by atomic mass is 9.88. The molecule has 1 aromatic carbocycles. The zero-order valence-corrected chi connectivity index (χ0v) is 11.2. The molecule has 0 saturated carbocycles. The second kappa shape index (κ2) is 6.93. The second-order valence-electron chi connectivity index (χ2n) is 4.53. The van der Waals surface area contributed by atoms with Crippen LogP contribution >= 0.6 is 11.6 Å². The van der Waals surface area contributed by atoms with Crippen molar-refractivity contribution in [3.63, 3.8) is 0 Å². The number of nitrogens with one attached hydrogen (secondary N) is 1. The number of hydrogen-bond donors (Lipinski definition) is 1. The standard InChI is InChI=1S/C14H22ClN/c1-4-11(2)9-12(10-16-3)13-7-5-6-8-14(13)15/h5-8,11-12,16H,4,9-10H2,1-3H3. The van der Waals surface area contributed by atoms with E-state index in [0.717, 1.165) is 17.5 Å². The van der Waals surface area contributed by atoms with Crippen LogP contribution in [-0.4, -0.2) is 13.6 Å². The lowest BCUT2D eigenvalue weighted by Crippen LogP contribution is -2.19. The monoisotopic (exact) mass is 239 g/mol. The van der Waals surface area contributed by atoms with E-state index in [1.54, 1.807) is 0 Å². The summed E-state index contributed by atoms with van der Waals surface area (Å²) < 4.78 is 0. The Hall–Kier alpha value is -0.530. The fraction of sp³-hybridized carbons (Fsp3) is 0.571. The minimum Gasteiger partial charge on any atom is -0.319 e. The van der Waals surface area contributed by atoms with Crippen molar-refractivity contribution in [1.29, 1.82) is 0 Å². The van der Waals surface area contributed by atoms with E-state index >= 15 is 0 Å². The van der Waals surface area contributed by atoms with Gasteiger partial charge in [-0.2, -0.15) is 0 Å². The van der Waals surface area contributed by atoms with Gasteiger partial charge in [-0.05, 0) is 36.9 Å². The lowest BCUT2D eigenvalue weighted by molar-refractivity contribution is 0.444. The number of halogens is 1. The van der Waals surface area contributed by atoms with Gasteiger partial charge in [0.1, 0.15) is 0 Å². The SMILES string of the molecule is CCC(C)CC(CNC)c1ccccc1Cl. The number of rotatable bonds is 6. The summed E-state index contributed by atoms with van der Waals surface area (Å²) in [6, 6.07) is 8.19. The van der Waals surface area contributed by atoms with Crippen LogP contribution in [0.5, 0.6) is 0 Å². The average Bonchev–Trinajstić information content (AvgIpc) is 2.29. The van der Waals surface area contributed by atoms with E-state index in [0.29, 0.717) is 5.92 Å². The fourth-order valence-corrected chi connectivity index (χ4v) is 2.32. The molecule has 0 amide bonds. The Morgan fingerprint density at radius 2 is 2.00 bits per heavy atom. The third kappa shape index (κ3) is 3.80. The van der Waals surface area contributed by atoms with Gasteiger partial charge in [0.15, 0.2) is 0 Å². The Balaban J connectivity index is 2.80. The molecule has 1 N–H and O–H groups in total. The van der Waals surface area contributed by atoms with Crippen molar-refractivity contribution in [1.82, 2.24) is 5.32 Å². The summed E-state index contributed by atoms with van der Waals surface area (Å²) >= 11 is 6.25. The molecule has 16 heavy (non-hydrogen) atoms. The predicted molar refractivity (Wildman–Crippen MR) is 72.2 cm³/mol. The summed E-state index contributed by atoms with van der Waals surface area (Å²) in [6.07, 6.45) is 2.42. The summed E-state index contributed by atoms with van der Waals surface area (Å²) in [5.41, 5.74) is 1.28. The van der Waals surface area contributed by atoms with Crippen LogP contribution in [0.2, 0.25) is 5.02 Å². The van der Waals surface area contributed by atoms with Gasteiger partial charge in [-0.15, -0.1) is 0 Å². The fourth-order valence-electron chi connectivity index (χ4n) is 2.03. The summed E-state index contributed by atoms with van der Waals surface area (Å²) in [6.45, 7) is 5.54. The van der Waals surface area contributed by atoms with Crippen LogP contribution in [0.3, 0.4) is 0 Å². The molecule has 0 fully saturated rings. The second-order valence-corrected chi connectivity index (χ2v) is 4.93. The number of benzene rings is 1. The van der Waals surface area contributed by atoms with E-state index < -0.39 is 0 Å². The maximum absolute atomic E-state index is 6.25. The van der Waals surface area contributed by atoms with Crippen LogP contribution in [0.25, 0.3) is 0 Å². The molecular weight excluding hydrogens is 218 g/mol. The molecule has 0 bridgehead atoms. The van der Waals surface area contributed by atoms with Crippen LogP contribution in [0.15, 0.2) is 24.3 Å². The predicted octanol–water partition coefficient (Wildman–Crippen LogP) is 4.08. The van der Waals surface area contributed by atoms with Crippen molar-refractivity contribution in [2.24, 2.45) is 5.92 Å². The van der Waals surface area contributed by atoms with Gasteiger partial charge in [0.2, 0.25) is 0 Å². The molecule has 0 heterocycles. The molecule has 0 aromatic heterocycles. The molecule has 1 rings (SSSR count). The first-order valence-electron chi connectivity index (χ1n) is 6.08. The zero-order valence-electron chi connectivity index (χ0n) is 10.5. The van der Waals surface area contributed by atoms with Gasteiger partial charge in [0.05, 0.1) is 0 Å². The van der Waals surface area contributed by atoms with Gasteiger partial charge in [0, 0.05) is 11.6 Å². The van der Waals surface area contributed by atoms with E-state index in [9.17, 15) is 0 Å². The normalized spacial score (nSPS) is 14.8. The van der Waals surface area contributed by atoms with Crippen LogP contribution in [-0.2, 0) is 0 Å². The summed E-state index contributed by atoms with van der Waals surface area (Å²) in [5.74, 6) is 1.27. The van der Waals surface area contributed by atoms with Crippen molar-refractivity contribution >= 4 is 11.6 Å². The van der Waals surface area contributed by atoms with E-state index in [4.69, 9.17) is 11.6 Å². The minimum atomic E-state index is 0.522. The Morgan fingerprint density at radius 3 is 2.56 bits per heavy atom. The van der Waals surface area contributed by atoms with Gasteiger partial charge >= 0.3 is 0 Å². The highest BCUT2D eigenvalue weighted by Gasteiger charge is 2.16. The maximum Gasteiger partial charge on any atom is 0.0441 e. The molecule has 0 saturated heterocycles. The highest BCUT2D eigenvalue weighted by Crippen LogP contribution is 2.29. The lowest BCUT2D eigenvalue weighted by Gasteiger charge is -2.21. The summed E-state index contributed by atoms with van der Waals surface area (Å²) in [7, 11) is 2.00. The quantitative estimate of drug-likeness (QED) is 0.789. The van der Waals surface area contributed by atoms with Crippen molar-refractivity contribution in [3.8, 4) is 0 Å². The van der Waals surface area contributed by atoms with Crippen LogP contribution < -0.4 is 5.32 Å². The van der Waals surface area contributed by atoms with Crippen LogP contribution in [0.4, 0.5) is 0 Å². The summed E-state index contributed by atoms with van der Waals surface area (Å²) in [5, 5.41) is 4.16. The molecule has 1 nitrogen and oxygen atoms in total. The first-order chi connectivity index (χ1) is 7.69. The van der Waals surface area contributed by atoms with Crippen molar-refractivity contribution < 1.29 is 0 Å². The minimum absolute atomic E-state index is 0.522.